The maximum Gasteiger partial charge on any atom is 0.168 e. The molecule has 0 unspecified atom stereocenters. The lowest BCUT2D eigenvalue weighted by Gasteiger charge is -2.29. The molecule has 2 rings (SSSR count). The molecule has 106 valence electrons. The number of benzene rings is 1. The van der Waals surface area contributed by atoms with Crippen LogP contribution in [0.3, 0.4) is 0 Å². The zero-order chi connectivity index (χ0) is 14.9. The quantitative estimate of drug-likeness (QED) is 0.816. The minimum absolute atomic E-state index is 0.0212. The summed E-state index contributed by atoms with van der Waals surface area (Å²) in [7, 11) is 0. The predicted octanol–water partition coefficient (Wildman–Crippen LogP) is 4.29. The first-order valence-corrected chi connectivity index (χ1v) is 6.86. The Morgan fingerprint density at radius 3 is 2.35 bits per heavy atom. The Labute approximate surface area is 120 Å². The van der Waals surface area contributed by atoms with Crippen molar-refractivity contribution in [2.75, 3.05) is 0 Å². The van der Waals surface area contributed by atoms with Crippen molar-refractivity contribution in [3.63, 3.8) is 0 Å². The van der Waals surface area contributed by atoms with E-state index >= 15 is 0 Å². The number of allylic oxidation sites excluding steroid dienone is 2. The third-order valence-electron chi connectivity index (χ3n) is 3.55. The van der Waals surface area contributed by atoms with Gasteiger partial charge in [-0.1, -0.05) is 31.5 Å². The molecule has 0 saturated heterocycles. The van der Waals surface area contributed by atoms with Crippen LogP contribution in [0.15, 0.2) is 40.6 Å². The molecule has 0 aliphatic heterocycles. The van der Waals surface area contributed by atoms with Crippen molar-refractivity contribution in [2.24, 2.45) is 10.4 Å². The van der Waals surface area contributed by atoms with Crippen LogP contribution in [-0.2, 0) is 4.79 Å². The molecule has 1 aromatic rings. The summed E-state index contributed by atoms with van der Waals surface area (Å²) in [4.78, 5) is 16.7. The molecule has 0 heterocycles. The number of aliphatic hydroxyl groups excluding tert-OH is 1. The molecule has 1 aliphatic carbocycles. The molecule has 1 aromatic carbocycles. The SMILES string of the molecule is CC(=Nc1ccc(C)cc1)C1=C(O)CC(C)(C)CC1=O. The summed E-state index contributed by atoms with van der Waals surface area (Å²) in [6.07, 6.45) is 0.974. The van der Waals surface area contributed by atoms with E-state index in [1.54, 1.807) is 6.92 Å². The number of nitrogens with zero attached hydrogens (tertiary/aromatic N) is 1. The second-order valence-electron chi connectivity index (χ2n) is 6.30. The zero-order valence-corrected chi connectivity index (χ0v) is 12.5. The molecular formula is C17H21NO2. The standard InChI is InChI=1S/C17H21NO2/c1-11-5-7-13(8-6-11)18-12(2)16-14(19)9-17(3,4)10-15(16)20/h5-8,19H,9-10H2,1-4H3. The second kappa shape index (κ2) is 5.23. The average molecular weight is 271 g/mol. The summed E-state index contributed by atoms with van der Waals surface area (Å²) in [5.41, 5.74) is 2.77. The number of aryl methyl sites for hydroxylation is 1. The maximum atomic E-state index is 12.2. The van der Waals surface area contributed by atoms with E-state index < -0.39 is 0 Å². The van der Waals surface area contributed by atoms with Crippen LogP contribution in [0.2, 0.25) is 0 Å². The number of aliphatic imine (C=N–C) groups is 1. The van der Waals surface area contributed by atoms with Gasteiger partial charge in [0.05, 0.1) is 17.0 Å². The van der Waals surface area contributed by atoms with Gasteiger partial charge in [0.15, 0.2) is 5.78 Å². The number of carbonyl (C=O) groups excluding carboxylic acids is 1. The lowest BCUT2D eigenvalue weighted by atomic mass is 9.76. The van der Waals surface area contributed by atoms with Crippen LogP contribution in [-0.4, -0.2) is 16.6 Å². The average Bonchev–Trinajstić information content (AvgIpc) is 2.29. The third kappa shape index (κ3) is 3.16. The van der Waals surface area contributed by atoms with Crippen molar-refractivity contribution in [1.29, 1.82) is 0 Å². The van der Waals surface area contributed by atoms with Crippen molar-refractivity contribution in [2.45, 2.75) is 40.5 Å². The van der Waals surface area contributed by atoms with E-state index in [1.807, 2.05) is 45.0 Å². The minimum Gasteiger partial charge on any atom is -0.511 e. The number of Topliss-reactive ketones (excluding diaryl/α,β-unsaturated/α-hetero) is 1. The molecule has 0 radical (unpaired) electrons. The summed E-state index contributed by atoms with van der Waals surface area (Å²) in [6.45, 7) is 7.78. The van der Waals surface area contributed by atoms with E-state index in [2.05, 4.69) is 4.99 Å². The fourth-order valence-corrected chi connectivity index (χ4v) is 2.57. The van der Waals surface area contributed by atoms with E-state index in [0.717, 1.165) is 5.69 Å². The van der Waals surface area contributed by atoms with Gasteiger partial charge in [0, 0.05) is 12.8 Å². The molecule has 0 fully saturated rings. The number of aliphatic hydroxyl groups is 1. The topological polar surface area (TPSA) is 49.7 Å². The van der Waals surface area contributed by atoms with Crippen molar-refractivity contribution in [3.8, 4) is 0 Å². The Bertz CT molecular complexity index is 592. The highest BCUT2D eigenvalue weighted by molar-refractivity contribution is 6.23. The molecule has 3 nitrogen and oxygen atoms in total. The smallest absolute Gasteiger partial charge is 0.168 e. The third-order valence-corrected chi connectivity index (χ3v) is 3.55. The number of hydrogen-bond donors (Lipinski definition) is 1. The van der Waals surface area contributed by atoms with Gasteiger partial charge in [-0.3, -0.25) is 9.79 Å². The van der Waals surface area contributed by atoms with Crippen LogP contribution in [0.25, 0.3) is 0 Å². The Balaban J connectivity index is 2.35. The van der Waals surface area contributed by atoms with Crippen LogP contribution < -0.4 is 0 Å². The predicted molar refractivity (Wildman–Crippen MR) is 81.6 cm³/mol. The molecule has 0 atom stereocenters. The number of hydrogen-bond acceptors (Lipinski definition) is 3. The molecule has 0 amide bonds. The lowest BCUT2D eigenvalue weighted by molar-refractivity contribution is -0.117. The van der Waals surface area contributed by atoms with E-state index in [9.17, 15) is 9.90 Å². The molecule has 0 spiro atoms. The lowest BCUT2D eigenvalue weighted by Crippen LogP contribution is -2.28. The number of rotatable bonds is 2. The van der Waals surface area contributed by atoms with Gasteiger partial charge in [-0.15, -0.1) is 0 Å². The first kappa shape index (κ1) is 14.5. The van der Waals surface area contributed by atoms with E-state index in [0.29, 0.717) is 24.1 Å². The van der Waals surface area contributed by atoms with Gasteiger partial charge in [-0.25, -0.2) is 0 Å². The largest absolute Gasteiger partial charge is 0.511 e. The van der Waals surface area contributed by atoms with Crippen molar-refractivity contribution >= 4 is 17.2 Å². The highest BCUT2D eigenvalue weighted by atomic mass is 16.3. The van der Waals surface area contributed by atoms with Crippen LogP contribution in [0.4, 0.5) is 5.69 Å². The first-order valence-electron chi connectivity index (χ1n) is 6.86. The molecule has 1 N–H and O–H groups in total. The summed E-state index contributed by atoms with van der Waals surface area (Å²) in [5, 5.41) is 10.1. The van der Waals surface area contributed by atoms with Crippen molar-refractivity contribution < 1.29 is 9.90 Å². The first-order chi connectivity index (χ1) is 9.28. The van der Waals surface area contributed by atoms with Crippen LogP contribution in [0.1, 0.15) is 39.2 Å². The van der Waals surface area contributed by atoms with Gasteiger partial charge in [-0.2, -0.15) is 0 Å². The number of ketones is 1. The van der Waals surface area contributed by atoms with Crippen LogP contribution in [0.5, 0.6) is 0 Å². The molecule has 20 heavy (non-hydrogen) atoms. The second-order valence-corrected chi connectivity index (χ2v) is 6.30. The highest BCUT2D eigenvalue weighted by Crippen LogP contribution is 2.36. The fraction of sp³-hybridized carbons (Fsp3) is 0.412. The summed E-state index contributed by atoms with van der Waals surface area (Å²) in [5.74, 6) is 0.145. The molecule has 0 bridgehead atoms. The Hall–Kier alpha value is -1.90. The van der Waals surface area contributed by atoms with E-state index in [-0.39, 0.29) is 17.0 Å². The van der Waals surface area contributed by atoms with Gasteiger partial charge in [0.25, 0.3) is 0 Å². The van der Waals surface area contributed by atoms with E-state index in [4.69, 9.17) is 0 Å². The summed E-state index contributed by atoms with van der Waals surface area (Å²) < 4.78 is 0. The summed E-state index contributed by atoms with van der Waals surface area (Å²) >= 11 is 0. The van der Waals surface area contributed by atoms with Crippen molar-refractivity contribution in [1.82, 2.24) is 0 Å². The van der Waals surface area contributed by atoms with Crippen molar-refractivity contribution in [3.05, 3.63) is 41.2 Å². The van der Waals surface area contributed by atoms with Gasteiger partial charge in [0.2, 0.25) is 0 Å². The molecule has 0 aromatic heterocycles. The van der Waals surface area contributed by atoms with E-state index in [1.165, 1.54) is 5.56 Å². The van der Waals surface area contributed by atoms with Crippen LogP contribution >= 0.6 is 0 Å². The molecule has 3 heteroatoms. The Morgan fingerprint density at radius 1 is 1.20 bits per heavy atom. The van der Waals surface area contributed by atoms with Gasteiger partial charge < -0.3 is 5.11 Å². The van der Waals surface area contributed by atoms with Gasteiger partial charge in [-0.05, 0) is 31.4 Å². The van der Waals surface area contributed by atoms with Crippen LogP contribution in [0, 0.1) is 12.3 Å². The Morgan fingerprint density at radius 2 is 1.80 bits per heavy atom. The minimum atomic E-state index is -0.172. The monoisotopic (exact) mass is 271 g/mol. The summed E-state index contributed by atoms with van der Waals surface area (Å²) in [6, 6.07) is 7.78. The molecule has 1 aliphatic rings. The zero-order valence-electron chi connectivity index (χ0n) is 12.5. The van der Waals surface area contributed by atoms with Gasteiger partial charge in [0.1, 0.15) is 5.76 Å². The van der Waals surface area contributed by atoms with Gasteiger partial charge >= 0.3 is 0 Å². The maximum absolute atomic E-state index is 12.2. The molecular weight excluding hydrogens is 250 g/mol. The molecule has 0 saturated carbocycles. The Kier molecular flexibility index (Phi) is 3.80. The fourth-order valence-electron chi connectivity index (χ4n) is 2.57. The normalized spacial score (nSPS) is 19.4. The highest BCUT2D eigenvalue weighted by Gasteiger charge is 2.33. The number of carbonyl (C=O) groups is 1.